The standard InChI is InChI=1S/C22H20O13/c1-4-8-5(2-6(24)9(4)22(33)34)13(25)10-11(15(8)27)16(28)12(18(30)17(10)29)21-20(32)19(31)14(26)7(3-23)35-21/h2,7,14,19-21,23-24,26,28-32H,3H2,1H3,(H,33,34)/t7-,14-,19+,20+,21-/m1/s1. The van der Waals surface area contributed by atoms with Crippen LogP contribution in [0.1, 0.15) is 59.4 Å². The van der Waals surface area contributed by atoms with Crippen molar-refractivity contribution in [3.63, 3.8) is 0 Å². The van der Waals surface area contributed by atoms with Gasteiger partial charge in [0.1, 0.15) is 47.6 Å². The average molecular weight is 492 g/mol. The fraction of sp³-hybridized carbons (Fsp3) is 0.318. The number of aromatic hydroxyl groups is 4. The fourth-order valence-electron chi connectivity index (χ4n) is 4.58. The molecular weight excluding hydrogens is 472 g/mol. The Morgan fingerprint density at radius 1 is 0.886 bits per heavy atom. The number of carboxylic acids is 1. The predicted molar refractivity (Wildman–Crippen MR) is 111 cm³/mol. The molecule has 35 heavy (non-hydrogen) atoms. The minimum absolute atomic E-state index is 0.308. The second-order valence-electron chi connectivity index (χ2n) is 8.24. The lowest BCUT2D eigenvalue weighted by Crippen LogP contribution is -2.55. The number of fused-ring (bicyclic) bond motifs is 2. The summed E-state index contributed by atoms with van der Waals surface area (Å²) >= 11 is 0. The molecule has 2 aromatic rings. The van der Waals surface area contributed by atoms with E-state index in [4.69, 9.17) is 4.74 Å². The number of phenolic OH excluding ortho intramolecular Hbond substituents is 3. The summed E-state index contributed by atoms with van der Waals surface area (Å²) in [6.45, 7) is 0.291. The first-order valence-electron chi connectivity index (χ1n) is 10.2. The molecule has 2 aliphatic rings. The van der Waals surface area contributed by atoms with E-state index < -0.39 is 111 Å². The Kier molecular flexibility index (Phi) is 5.70. The molecular formula is C22H20O13. The zero-order chi connectivity index (χ0) is 26.1. The van der Waals surface area contributed by atoms with Crippen LogP contribution >= 0.6 is 0 Å². The number of benzene rings is 2. The molecule has 1 fully saturated rings. The maximum Gasteiger partial charge on any atom is 0.339 e. The number of aliphatic hydroxyl groups is 4. The molecule has 1 aliphatic heterocycles. The van der Waals surface area contributed by atoms with Crippen molar-refractivity contribution in [3.05, 3.63) is 45.0 Å². The van der Waals surface area contributed by atoms with Crippen LogP contribution in [0, 0.1) is 6.92 Å². The number of hydrogen-bond donors (Lipinski definition) is 9. The van der Waals surface area contributed by atoms with Crippen LogP contribution in [0.15, 0.2) is 6.07 Å². The van der Waals surface area contributed by atoms with Crippen LogP contribution in [0.2, 0.25) is 0 Å². The fourth-order valence-corrected chi connectivity index (χ4v) is 4.58. The normalized spacial score (nSPS) is 25.8. The Hall–Kier alpha value is -3.75. The number of ketones is 2. The molecule has 1 saturated heterocycles. The Bertz CT molecular complexity index is 1300. The van der Waals surface area contributed by atoms with Crippen molar-refractivity contribution in [1.29, 1.82) is 0 Å². The summed E-state index contributed by atoms with van der Waals surface area (Å²) in [5.74, 6) is -8.24. The van der Waals surface area contributed by atoms with Crippen LogP contribution < -0.4 is 0 Å². The van der Waals surface area contributed by atoms with Gasteiger partial charge in [0.05, 0.1) is 23.3 Å². The van der Waals surface area contributed by atoms with Crippen molar-refractivity contribution < 1.29 is 65.1 Å². The van der Waals surface area contributed by atoms with Crippen molar-refractivity contribution in [2.24, 2.45) is 0 Å². The minimum Gasteiger partial charge on any atom is -0.507 e. The molecule has 0 radical (unpaired) electrons. The number of rotatable bonds is 3. The van der Waals surface area contributed by atoms with Crippen LogP contribution in [-0.4, -0.2) is 94.5 Å². The quantitative estimate of drug-likeness (QED) is 0.154. The highest BCUT2D eigenvalue weighted by Gasteiger charge is 2.48. The van der Waals surface area contributed by atoms with E-state index in [1.807, 2.05) is 0 Å². The van der Waals surface area contributed by atoms with Crippen molar-refractivity contribution >= 4 is 17.5 Å². The van der Waals surface area contributed by atoms with E-state index >= 15 is 0 Å². The Morgan fingerprint density at radius 2 is 1.49 bits per heavy atom. The number of ether oxygens (including phenoxy) is 1. The molecule has 13 heteroatoms. The summed E-state index contributed by atoms with van der Waals surface area (Å²) in [7, 11) is 0. The zero-order valence-electron chi connectivity index (χ0n) is 17.8. The molecule has 0 spiro atoms. The highest BCUT2D eigenvalue weighted by Crippen LogP contribution is 2.52. The molecule has 1 heterocycles. The molecule has 186 valence electrons. The number of carbonyl (C=O) groups is 3. The largest absolute Gasteiger partial charge is 0.507 e. The highest BCUT2D eigenvalue weighted by molar-refractivity contribution is 6.31. The summed E-state index contributed by atoms with van der Waals surface area (Å²) in [4.78, 5) is 38.1. The Balaban J connectivity index is 1.99. The first kappa shape index (κ1) is 24.4. The van der Waals surface area contributed by atoms with Gasteiger partial charge in [0, 0.05) is 11.1 Å². The van der Waals surface area contributed by atoms with Gasteiger partial charge in [0.25, 0.3) is 0 Å². The van der Waals surface area contributed by atoms with Gasteiger partial charge in [-0.25, -0.2) is 4.79 Å². The molecule has 9 N–H and O–H groups in total. The first-order valence-corrected chi connectivity index (χ1v) is 10.2. The van der Waals surface area contributed by atoms with E-state index in [0.717, 1.165) is 6.92 Å². The Morgan fingerprint density at radius 3 is 2.06 bits per heavy atom. The monoisotopic (exact) mass is 492 g/mol. The molecule has 13 nitrogen and oxygen atoms in total. The third-order valence-corrected chi connectivity index (χ3v) is 6.33. The summed E-state index contributed by atoms with van der Waals surface area (Å²) in [6, 6.07) is 0.716. The van der Waals surface area contributed by atoms with Gasteiger partial charge in [-0.2, -0.15) is 0 Å². The molecule has 0 unspecified atom stereocenters. The van der Waals surface area contributed by atoms with Gasteiger partial charge in [-0.3, -0.25) is 9.59 Å². The van der Waals surface area contributed by atoms with E-state index in [-0.39, 0.29) is 5.56 Å². The lowest BCUT2D eigenvalue weighted by Gasteiger charge is -2.40. The van der Waals surface area contributed by atoms with Crippen molar-refractivity contribution in [2.45, 2.75) is 37.4 Å². The Labute approximate surface area is 195 Å². The van der Waals surface area contributed by atoms with Gasteiger partial charge >= 0.3 is 5.97 Å². The van der Waals surface area contributed by atoms with Gasteiger partial charge in [0.2, 0.25) is 0 Å². The van der Waals surface area contributed by atoms with Gasteiger partial charge in [-0.15, -0.1) is 0 Å². The van der Waals surface area contributed by atoms with E-state index in [1.165, 1.54) is 0 Å². The smallest absolute Gasteiger partial charge is 0.339 e. The number of phenols is 4. The number of aliphatic hydroxyl groups excluding tert-OH is 4. The average Bonchev–Trinajstić information content (AvgIpc) is 2.79. The maximum atomic E-state index is 13.4. The summed E-state index contributed by atoms with van der Waals surface area (Å²) in [5.41, 5.74) is -4.49. The molecule has 0 amide bonds. The second kappa shape index (κ2) is 8.18. The van der Waals surface area contributed by atoms with Gasteiger partial charge in [-0.1, -0.05) is 0 Å². The number of carbonyl (C=O) groups excluding carboxylic acids is 2. The van der Waals surface area contributed by atoms with E-state index in [0.29, 0.717) is 6.07 Å². The van der Waals surface area contributed by atoms with E-state index in [2.05, 4.69) is 0 Å². The lowest BCUT2D eigenvalue weighted by molar-refractivity contribution is -0.232. The molecule has 0 bridgehead atoms. The van der Waals surface area contributed by atoms with Gasteiger partial charge in [0.15, 0.2) is 23.1 Å². The van der Waals surface area contributed by atoms with E-state index in [9.17, 15) is 60.3 Å². The van der Waals surface area contributed by atoms with E-state index in [1.54, 1.807) is 0 Å². The zero-order valence-corrected chi connectivity index (χ0v) is 17.8. The topological polar surface area (TPSA) is 243 Å². The first-order chi connectivity index (χ1) is 16.3. The molecule has 1 aliphatic carbocycles. The maximum absolute atomic E-state index is 13.4. The highest BCUT2D eigenvalue weighted by atomic mass is 16.5. The molecule has 4 rings (SSSR count). The third-order valence-electron chi connectivity index (χ3n) is 6.33. The lowest BCUT2D eigenvalue weighted by atomic mass is 9.77. The molecule has 5 atom stereocenters. The predicted octanol–water partition coefficient (Wildman–Crippen LogP) is -1.19. The van der Waals surface area contributed by atoms with Crippen LogP contribution in [0.4, 0.5) is 0 Å². The summed E-state index contributed by atoms with van der Waals surface area (Å²) < 4.78 is 5.30. The minimum atomic E-state index is -2.03. The summed E-state index contributed by atoms with van der Waals surface area (Å²) in [6.07, 6.45) is -9.12. The second-order valence-corrected chi connectivity index (χ2v) is 8.24. The number of aromatic carboxylic acids is 1. The van der Waals surface area contributed by atoms with Crippen LogP contribution in [-0.2, 0) is 4.74 Å². The van der Waals surface area contributed by atoms with Gasteiger partial charge < -0.3 is 50.7 Å². The van der Waals surface area contributed by atoms with Crippen molar-refractivity contribution in [3.8, 4) is 23.0 Å². The molecule has 2 aromatic carbocycles. The van der Waals surface area contributed by atoms with Gasteiger partial charge in [-0.05, 0) is 18.6 Å². The van der Waals surface area contributed by atoms with Crippen LogP contribution in [0.25, 0.3) is 0 Å². The summed E-state index contributed by atoms with van der Waals surface area (Å²) in [5, 5.41) is 91.5. The number of hydrogen-bond acceptors (Lipinski definition) is 12. The molecule has 0 aromatic heterocycles. The van der Waals surface area contributed by atoms with Crippen molar-refractivity contribution in [1.82, 2.24) is 0 Å². The third kappa shape index (κ3) is 3.25. The van der Waals surface area contributed by atoms with Crippen LogP contribution in [0.5, 0.6) is 23.0 Å². The SMILES string of the molecule is Cc1c(C(=O)O)c(O)cc2c1C(=O)c1c(O)c([C@H]3O[C@H](CO)[C@@H](O)[C@H](O)[C@@H]3O)c(O)c(O)c1C2=O. The van der Waals surface area contributed by atoms with Crippen molar-refractivity contribution in [2.75, 3.05) is 6.61 Å². The number of carboxylic acid groups (broad SMARTS) is 1. The van der Waals surface area contributed by atoms with Crippen LogP contribution in [0.3, 0.4) is 0 Å². The molecule has 0 saturated carbocycles.